The molecular weight excluding hydrogens is 228 g/mol. The van der Waals surface area contributed by atoms with E-state index in [2.05, 4.69) is 31.2 Å². The van der Waals surface area contributed by atoms with Crippen molar-refractivity contribution in [3.63, 3.8) is 0 Å². The van der Waals surface area contributed by atoms with Gasteiger partial charge in [-0.1, -0.05) is 31.2 Å². The highest BCUT2D eigenvalue weighted by Gasteiger charge is 2.05. The Balaban J connectivity index is 2.20. The van der Waals surface area contributed by atoms with E-state index in [1.54, 1.807) is 7.11 Å². The molecule has 0 aliphatic rings. The van der Waals surface area contributed by atoms with Gasteiger partial charge in [0.25, 0.3) is 0 Å². The molecule has 3 heteroatoms. The Hall–Kier alpha value is -0.900. The monoisotopic (exact) mass is 252 g/mol. The molecule has 1 unspecified atom stereocenters. The van der Waals surface area contributed by atoms with Crippen LogP contribution in [0.4, 0.5) is 0 Å². The Morgan fingerprint density at radius 3 is 2.33 bits per heavy atom. The van der Waals surface area contributed by atoms with Gasteiger partial charge in [-0.15, -0.1) is 0 Å². The number of rotatable bonds is 9. The molecule has 0 heterocycles. The summed E-state index contributed by atoms with van der Waals surface area (Å²) in [6.07, 6.45) is 2.08. The molecule has 1 rings (SSSR count). The van der Waals surface area contributed by atoms with Crippen molar-refractivity contribution in [3.8, 4) is 0 Å². The summed E-state index contributed by atoms with van der Waals surface area (Å²) in [5.41, 5.74) is 2.51. The van der Waals surface area contributed by atoms with Crippen molar-refractivity contribution in [1.82, 2.24) is 0 Å². The largest absolute Gasteiger partial charge is 0.393 e. The lowest BCUT2D eigenvalue weighted by Crippen LogP contribution is -2.14. The standard InChI is InChI=1S/C15H24O3/c1-3-13-4-6-14(7-5-13)12-15(16)8-9-18-11-10-17-2/h4-7,15-16H,3,8-12H2,1-2H3. The fourth-order valence-corrected chi connectivity index (χ4v) is 1.75. The summed E-state index contributed by atoms with van der Waals surface area (Å²) in [5.74, 6) is 0. The molecule has 0 amide bonds. The van der Waals surface area contributed by atoms with E-state index in [0.29, 0.717) is 32.7 Å². The van der Waals surface area contributed by atoms with Gasteiger partial charge >= 0.3 is 0 Å². The molecule has 1 aromatic rings. The first-order valence-corrected chi connectivity index (χ1v) is 6.58. The van der Waals surface area contributed by atoms with Crippen molar-refractivity contribution in [2.75, 3.05) is 26.9 Å². The lowest BCUT2D eigenvalue weighted by Gasteiger charge is -2.11. The Morgan fingerprint density at radius 1 is 1.06 bits per heavy atom. The molecular formula is C15H24O3. The summed E-state index contributed by atoms with van der Waals surface area (Å²) in [6, 6.07) is 8.43. The smallest absolute Gasteiger partial charge is 0.0700 e. The van der Waals surface area contributed by atoms with E-state index in [9.17, 15) is 5.11 Å². The second kappa shape index (κ2) is 9.09. The van der Waals surface area contributed by atoms with E-state index < -0.39 is 0 Å². The van der Waals surface area contributed by atoms with Crippen LogP contribution in [0.25, 0.3) is 0 Å². The maximum Gasteiger partial charge on any atom is 0.0700 e. The van der Waals surface area contributed by atoms with Crippen LogP contribution in [0.3, 0.4) is 0 Å². The molecule has 1 atom stereocenters. The number of benzene rings is 1. The van der Waals surface area contributed by atoms with Gasteiger partial charge in [-0.3, -0.25) is 0 Å². The maximum atomic E-state index is 9.87. The van der Waals surface area contributed by atoms with Gasteiger partial charge in [0.05, 0.1) is 19.3 Å². The predicted molar refractivity (Wildman–Crippen MR) is 72.8 cm³/mol. The summed E-state index contributed by atoms with van der Waals surface area (Å²) in [6.45, 7) is 3.92. The van der Waals surface area contributed by atoms with Gasteiger partial charge in [-0.25, -0.2) is 0 Å². The maximum absolute atomic E-state index is 9.87. The average Bonchev–Trinajstić information content (AvgIpc) is 2.39. The van der Waals surface area contributed by atoms with Crippen LogP contribution in [0, 0.1) is 0 Å². The molecule has 0 spiro atoms. The number of aliphatic hydroxyl groups is 1. The van der Waals surface area contributed by atoms with Gasteiger partial charge in [0.2, 0.25) is 0 Å². The van der Waals surface area contributed by atoms with Crippen molar-refractivity contribution in [3.05, 3.63) is 35.4 Å². The van der Waals surface area contributed by atoms with Gasteiger partial charge < -0.3 is 14.6 Å². The summed E-state index contributed by atoms with van der Waals surface area (Å²) >= 11 is 0. The quantitative estimate of drug-likeness (QED) is 0.685. The number of hydrogen-bond donors (Lipinski definition) is 1. The first-order chi connectivity index (χ1) is 8.76. The zero-order valence-corrected chi connectivity index (χ0v) is 11.4. The number of aryl methyl sites for hydroxylation is 1. The summed E-state index contributed by atoms with van der Waals surface area (Å²) < 4.78 is 10.2. The lowest BCUT2D eigenvalue weighted by atomic mass is 10.0. The van der Waals surface area contributed by atoms with Crippen LogP contribution < -0.4 is 0 Å². The van der Waals surface area contributed by atoms with Crippen molar-refractivity contribution in [1.29, 1.82) is 0 Å². The molecule has 0 aliphatic heterocycles. The van der Waals surface area contributed by atoms with Crippen molar-refractivity contribution >= 4 is 0 Å². The fourth-order valence-electron chi connectivity index (χ4n) is 1.75. The van der Waals surface area contributed by atoms with E-state index in [0.717, 1.165) is 6.42 Å². The minimum Gasteiger partial charge on any atom is -0.393 e. The fraction of sp³-hybridized carbons (Fsp3) is 0.600. The molecule has 1 aromatic carbocycles. The van der Waals surface area contributed by atoms with Gasteiger partial charge in [0, 0.05) is 13.7 Å². The topological polar surface area (TPSA) is 38.7 Å². The highest BCUT2D eigenvalue weighted by molar-refractivity contribution is 5.22. The Labute approximate surface area is 110 Å². The van der Waals surface area contributed by atoms with Crippen LogP contribution in [-0.2, 0) is 22.3 Å². The minimum atomic E-state index is -0.333. The molecule has 102 valence electrons. The first-order valence-electron chi connectivity index (χ1n) is 6.58. The molecule has 0 saturated carbocycles. The predicted octanol–water partition coefficient (Wildman–Crippen LogP) is 2.21. The number of aliphatic hydroxyl groups excluding tert-OH is 1. The second-order valence-electron chi connectivity index (χ2n) is 4.42. The Kier molecular flexibility index (Phi) is 7.65. The molecule has 3 nitrogen and oxygen atoms in total. The normalized spacial score (nSPS) is 12.6. The van der Waals surface area contributed by atoms with Crippen LogP contribution in [0.2, 0.25) is 0 Å². The zero-order valence-electron chi connectivity index (χ0n) is 11.4. The minimum absolute atomic E-state index is 0.333. The lowest BCUT2D eigenvalue weighted by molar-refractivity contribution is 0.0479. The van der Waals surface area contributed by atoms with E-state index >= 15 is 0 Å². The van der Waals surface area contributed by atoms with E-state index in [4.69, 9.17) is 9.47 Å². The Bertz CT molecular complexity index is 308. The number of ether oxygens (including phenoxy) is 2. The number of methoxy groups -OCH3 is 1. The average molecular weight is 252 g/mol. The van der Waals surface area contributed by atoms with Crippen LogP contribution in [0.1, 0.15) is 24.5 Å². The first kappa shape index (κ1) is 15.2. The zero-order chi connectivity index (χ0) is 13.2. The molecule has 1 N–H and O–H groups in total. The Morgan fingerprint density at radius 2 is 1.72 bits per heavy atom. The van der Waals surface area contributed by atoms with Gasteiger partial charge in [0.1, 0.15) is 0 Å². The SMILES string of the molecule is CCc1ccc(CC(O)CCOCCOC)cc1. The van der Waals surface area contributed by atoms with Gasteiger partial charge in [-0.05, 0) is 30.4 Å². The number of hydrogen-bond acceptors (Lipinski definition) is 3. The molecule has 0 fully saturated rings. The molecule has 0 saturated heterocycles. The van der Waals surface area contributed by atoms with Crippen molar-refractivity contribution in [2.24, 2.45) is 0 Å². The summed E-state index contributed by atoms with van der Waals surface area (Å²) in [7, 11) is 1.65. The van der Waals surface area contributed by atoms with Gasteiger partial charge in [0.15, 0.2) is 0 Å². The third-order valence-corrected chi connectivity index (χ3v) is 2.93. The third kappa shape index (κ3) is 6.15. The van der Waals surface area contributed by atoms with Gasteiger partial charge in [-0.2, -0.15) is 0 Å². The highest BCUT2D eigenvalue weighted by Crippen LogP contribution is 2.09. The molecule has 0 bridgehead atoms. The molecule has 0 aliphatic carbocycles. The van der Waals surface area contributed by atoms with Crippen LogP contribution in [0.5, 0.6) is 0 Å². The highest BCUT2D eigenvalue weighted by atomic mass is 16.5. The molecule has 0 aromatic heterocycles. The third-order valence-electron chi connectivity index (χ3n) is 2.93. The van der Waals surface area contributed by atoms with Crippen LogP contribution in [0.15, 0.2) is 24.3 Å². The second-order valence-corrected chi connectivity index (χ2v) is 4.42. The van der Waals surface area contributed by atoms with Crippen LogP contribution >= 0.6 is 0 Å². The molecule has 0 radical (unpaired) electrons. The van der Waals surface area contributed by atoms with Crippen molar-refractivity contribution < 1.29 is 14.6 Å². The van der Waals surface area contributed by atoms with Crippen molar-refractivity contribution in [2.45, 2.75) is 32.3 Å². The summed E-state index contributed by atoms with van der Waals surface area (Å²) in [5, 5.41) is 9.87. The summed E-state index contributed by atoms with van der Waals surface area (Å²) in [4.78, 5) is 0. The van der Waals surface area contributed by atoms with E-state index in [-0.39, 0.29) is 6.10 Å². The van der Waals surface area contributed by atoms with E-state index in [1.165, 1.54) is 11.1 Å². The van der Waals surface area contributed by atoms with E-state index in [1.807, 2.05) is 0 Å². The van der Waals surface area contributed by atoms with Crippen LogP contribution in [-0.4, -0.2) is 38.1 Å². The molecule has 18 heavy (non-hydrogen) atoms.